The van der Waals surface area contributed by atoms with Crippen molar-refractivity contribution < 1.29 is 5.11 Å². The number of aliphatic hydroxyl groups excluding tert-OH is 1. The molecule has 3 heteroatoms. The second-order valence-electron chi connectivity index (χ2n) is 5.99. The minimum atomic E-state index is -0.113. The Balaban J connectivity index is 1.83. The molecule has 94 valence electrons. The van der Waals surface area contributed by atoms with E-state index in [1.807, 2.05) is 0 Å². The molecule has 2 aliphatic carbocycles. The summed E-state index contributed by atoms with van der Waals surface area (Å²) in [5, 5.41) is 13.1. The molecule has 0 bridgehead atoms. The molecular formula is C13H26N2O. The molecule has 2 aliphatic rings. The van der Waals surface area contributed by atoms with Gasteiger partial charge in [-0.3, -0.25) is 0 Å². The van der Waals surface area contributed by atoms with Crippen LogP contribution in [0.25, 0.3) is 0 Å². The average molecular weight is 226 g/mol. The van der Waals surface area contributed by atoms with Crippen LogP contribution in [-0.4, -0.2) is 47.8 Å². The number of nitrogens with one attached hydrogen (secondary N) is 1. The molecule has 0 aromatic rings. The first-order valence-electron chi connectivity index (χ1n) is 6.72. The molecule has 0 amide bonds. The molecule has 3 nitrogen and oxygen atoms in total. The van der Waals surface area contributed by atoms with Gasteiger partial charge in [-0.1, -0.05) is 12.8 Å². The first-order chi connectivity index (χ1) is 7.63. The predicted molar refractivity (Wildman–Crippen MR) is 66.5 cm³/mol. The SMILES string of the molecule is CN(CC(C)(CO)NC1CC1)C1CCCC1. The van der Waals surface area contributed by atoms with Crippen molar-refractivity contribution in [3.63, 3.8) is 0 Å². The van der Waals surface area contributed by atoms with Crippen molar-refractivity contribution in [2.45, 2.75) is 63.1 Å². The summed E-state index contributed by atoms with van der Waals surface area (Å²) < 4.78 is 0. The summed E-state index contributed by atoms with van der Waals surface area (Å²) in [4.78, 5) is 2.44. The Morgan fingerprint density at radius 1 is 1.25 bits per heavy atom. The first kappa shape index (κ1) is 12.3. The lowest BCUT2D eigenvalue weighted by Crippen LogP contribution is -2.55. The van der Waals surface area contributed by atoms with Crippen LogP contribution in [0.15, 0.2) is 0 Å². The second-order valence-corrected chi connectivity index (χ2v) is 5.99. The molecule has 0 aliphatic heterocycles. The van der Waals surface area contributed by atoms with Gasteiger partial charge in [0.1, 0.15) is 0 Å². The molecule has 0 heterocycles. The highest BCUT2D eigenvalue weighted by atomic mass is 16.3. The van der Waals surface area contributed by atoms with E-state index in [0.29, 0.717) is 6.04 Å². The van der Waals surface area contributed by atoms with E-state index >= 15 is 0 Å². The van der Waals surface area contributed by atoms with Crippen LogP contribution in [0.3, 0.4) is 0 Å². The van der Waals surface area contributed by atoms with Crippen molar-refractivity contribution in [3.8, 4) is 0 Å². The van der Waals surface area contributed by atoms with Gasteiger partial charge in [-0.2, -0.15) is 0 Å². The quantitative estimate of drug-likeness (QED) is 0.718. The van der Waals surface area contributed by atoms with Crippen LogP contribution in [0.4, 0.5) is 0 Å². The highest BCUT2D eigenvalue weighted by molar-refractivity contribution is 4.95. The Hall–Kier alpha value is -0.120. The maximum absolute atomic E-state index is 9.56. The third kappa shape index (κ3) is 3.19. The van der Waals surface area contributed by atoms with Gasteiger partial charge in [0.05, 0.1) is 12.1 Å². The Kier molecular flexibility index (Phi) is 3.88. The van der Waals surface area contributed by atoms with Crippen molar-refractivity contribution >= 4 is 0 Å². The fourth-order valence-corrected chi connectivity index (χ4v) is 2.89. The van der Waals surface area contributed by atoms with Gasteiger partial charge in [-0.05, 0) is 39.7 Å². The minimum Gasteiger partial charge on any atom is -0.394 e. The number of hydrogen-bond donors (Lipinski definition) is 2. The van der Waals surface area contributed by atoms with E-state index in [1.54, 1.807) is 0 Å². The Bertz CT molecular complexity index is 224. The zero-order valence-corrected chi connectivity index (χ0v) is 10.7. The van der Waals surface area contributed by atoms with Gasteiger partial charge < -0.3 is 15.3 Å². The third-order valence-electron chi connectivity index (χ3n) is 4.03. The van der Waals surface area contributed by atoms with E-state index in [0.717, 1.165) is 12.6 Å². The minimum absolute atomic E-state index is 0.113. The van der Waals surface area contributed by atoms with E-state index < -0.39 is 0 Å². The molecule has 2 fully saturated rings. The van der Waals surface area contributed by atoms with Gasteiger partial charge in [-0.15, -0.1) is 0 Å². The highest BCUT2D eigenvalue weighted by Crippen LogP contribution is 2.26. The summed E-state index contributed by atoms with van der Waals surface area (Å²) in [6.45, 7) is 3.35. The molecule has 0 aromatic heterocycles. The van der Waals surface area contributed by atoms with E-state index in [9.17, 15) is 5.11 Å². The van der Waals surface area contributed by atoms with Gasteiger partial charge in [0.15, 0.2) is 0 Å². The van der Waals surface area contributed by atoms with Gasteiger partial charge in [0.2, 0.25) is 0 Å². The van der Waals surface area contributed by atoms with Crippen molar-refractivity contribution in [1.82, 2.24) is 10.2 Å². The van der Waals surface area contributed by atoms with Crippen molar-refractivity contribution in [2.24, 2.45) is 0 Å². The largest absolute Gasteiger partial charge is 0.394 e. The predicted octanol–water partition coefficient (Wildman–Crippen LogP) is 1.36. The van der Waals surface area contributed by atoms with Crippen molar-refractivity contribution in [2.75, 3.05) is 20.2 Å². The number of aliphatic hydroxyl groups is 1. The lowest BCUT2D eigenvalue weighted by molar-refractivity contribution is 0.111. The van der Waals surface area contributed by atoms with Gasteiger partial charge in [0, 0.05) is 18.6 Å². The molecule has 1 unspecified atom stereocenters. The van der Waals surface area contributed by atoms with Crippen LogP contribution in [0.2, 0.25) is 0 Å². The third-order valence-corrected chi connectivity index (χ3v) is 4.03. The van der Waals surface area contributed by atoms with Crippen LogP contribution in [0.1, 0.15) is 45.4 Å². The molecule has 2 saturated carbocycles. The number of nitrogens with zero attached hydrogens (tertiary/aromatic N) is 1. The molecule has 0 saturated heterocycles. The molecule has 0 spiro atoms. The molecular weight excluding hydrogens is 200 g/mol. The maximum atomic E-state index is 9.56. The van der Waals surface area contributed by atoms with Gasteiger partial charge in [0.25, 0.3) is 0 Å². The fraction of sp³-hybridized carbons (Fsp3) is 1.00. The van der Waals surface area contributed by atoms with Crippen molar-refractivity contribution in [3.05, 3.63) is 0 Å². The van der Waals surface area contributed by atoms with Crippen LogP contribution in [0, 0.1) is 0 Å². The number of rotatable bonds is 6. The first-order valence-corrected chi connectivity index (χ1v) is 6.72. The summed E-state index contributed by atoms with van der Waals surface area (Å²) in [5.74, 6) is 0. The second kappa shape index (κ2) is 5.03. The molecule has 2 N–H and O–H groups in total. The highest BCUT2D eigenvalue weighted by Gasteiger charge is 2.34. The average Bonchev–Trinajstić information content (AvgIpc) is 2.88. The smallest absolute Gasteiger partial charge is 0.0623 e. The fourth-order valence-electron chi connectivity index (χ4n) is 2.89. The normalized spacial score (nSPS) is 26.2. The molecule has 16 heavy (non-hydrogen) atoms. The molecule has 2 rings (SSSR count). The van der Waals surface area contributed by atoms with Crippen LogP contribution in [-0.2, 0) is 0 Å². The van der Waals surface area contributed by atoms with E-state index in [4.69, 9.17) is 0 Å². The van der Waals surface area contributed by atoms with Crippen molar-refractivity contribution in [1.29, 1.82) is 0 Å². The number of likely N-dealkylation sites (N-methyl/N-ethyl adjacent to an activating group) is 1. The lowest BCUT2D eigenvalue weighted by Gasteiger charge is -2.36. The summed E-state index contributed by atoms with van der Waals surface area (Å²) in [6, 6.07) is 1.40. The van der Waals surface area contributed by atoms with Gasteiger partial charge >= 0.3 is 0 Å². The monoisotopic (exact) mass is 226 g/mol. The topological polar surface area (TPSA) is 35.5 Å². The Morgan fingerprint density at radius 3 is 2.38 bits per heavy atom. The van der Waals surface area contributed by atoms with Gasteiger partial charge in [-0.25, -0.2) is 0 Å². The summed E-state index contributed by atoms with van der Waals surface area (Å²) in [7, 11) is 2.21. The zero-order chi connectivity index (χ0) is 11.6. The van der Waals surface area contributed by atoms with Crippen LogP contribution >= 0.6 is 0 Å². The maximum Gasteiger partial charge on any atom is 0.0623 e. The summed E-state index contributed by atoms with van der Waals surface area (Å²) in [6.07, 6.45) is 7.98. The Labute approximate surface area is 99.2 Å². The molecule has 0 aromatic carbocycles. The van der Waals surface area contributed by atoms with E-state index in [2.05, 4.69) is 24.2 Å². The number of hydrogen-bond acceptors (Lipinski definition) is 3. The van der Waals surface area contributed by atoms with Crippen LogP contribution < -0.4 is 5.32 Å². The van der Waals surface area contributed by atoms with E-state index in [1.165, 1.54) is 38.5 Å². The Morgan fingerprint density at radius 2 is 1.88 bits per heavy atom. The lowest BCUT2D eigenvalue weighted by atomic mass is 10.0. The molecule has 0 radical (unpaired) electrons. The standard InChI is InChI=1S/C13H26N2O/c1-13(10-16,14-11-7-8-11)9-15(2)12-5-3-4-6-12/h11-12,14,16H,3-10H2,1-2H3. The van der Waals surface area contributed by atoms with Crippen LogP contribution in [0.5, 0.6) is 0 Å². The zero-order valence-electron chi connectivity index (χ0n) is 10.7. The molecule has 1 atom stereocenters. The summed E-state index contributed by atoms with van der Waals surface area (Å²) in [5.41, 5.74) is -0.113. The van der Waals surface area contributed by atoms with E-state index in [-0.39, 0.29) is 12.1 Å². The summed E-state index contributed by atoms with van der Waals surface area (Å²) >= 11 is 0.